The van der Waals surface area contributed by atoms with E-state index in [0.717, 1.165) is 24.1 Å². The van der Waals surface area contributed by atoms with Crippen molar-refractivity contribution in [2.45, 2.75) is 25.3 Å². The summed E-state index contributed by atoms with van der Waals surface area (Å²) in [4.78, 5) is 21.0. The van der Waals surface area contributed by atoms with Crippen LogP contribution in [0.5, 0.6) is 0 Å². The molecule has 1 aromatic rings. The van der Waals surface area contributed by atoms with E-state index in [1.807, 2.05) is 17.0 Å². The smallest absolute Gasteiger partial charge is 0.255 e. The summed E-state index contributed by atoms with van der Waals surface area (Å²) in [5.74, 6) is 0.113. The molecule has 2 saturated heterocycles. The lowest BCUT2D eigenvalue weighted by Crippen LogP contribution is -2.37. The van der Waals surface area contributed by atoms with Gasteiger partial charge in [-0.2, -0.15) is 0 Å². The van der Waals surface area contributed by atoms with Crippen LogP contribution in [0.2, 0.25) is 0 Å². The molecular weight excluding hydrogens is 306 g/mol. The number of hydrogen-bond acceptors (Lipinski definition) is 3. The first-order valence-corrected chi connectivity index (χ1v) is 7.68. The van der Waals surface area contributed by atoms with Crippen molar-refractivity contribution >= 4 is 21.8 Å². The molecule has 2 aliphatic heterocycles. The number of halogens is 1. The summed E-state index contributed by atoms with van der Waals surface area (Å²) in [7, 11) is 0. The van der Waals surface area contributed by atoms with Crippen LogP contribution in [0, 0.1) is 0 Å². The van der Waals surface area contributed by atoms with Gasteiger partial charge in [0.25, 0.3) is 5.91 Å². The van der Waals surface area contributed by atoms with Gasteiger partial charge in [-0.3, -0.25) is 9.69 Å². The molecular formula is C14H18BrN3O. The third-order valence-corrected chi connectivity index (χ3v) is 4.55. The lowest BCUT2D eigenvalue weighted by atomic mass is 10.2. The minimum atomic E-state index is 0.113. The molecule has 0 spiro atoms. The van der Waals surface area contributed by atoms with Crippen LogP contribution < -0.4 is 0 Å². The molecule has 19 heavy (non-hydrogen) atoms. The fourth-order valence-electron chi connectivity index (χ4n) is 3.02. The molecule has 102 valence electrons. The summed E-state index contributed by atoms with van der Waals surface area (Å²) >= 11 is 3.29. The summed E-state index contributed by atoms with van der Waals surface area (Å²) in [6.07, 6.45) is 5.37. The van der Waals surface area contributed by atoms with Gasteiger partial charge in [-0.25, -0.2) is 4.98 Å². The van der Waals surface area contributed by atoms with Crippen molar-refractivity contribution in [3.05, 3.63) is 28.5 Å². The highest BCUT2D eigenvalue weighted by Gasteiger charge is 2.31. The second kappa shape index (κ2) is 5.59. The first kappa shape index (κ1) is 13.1. The summed E-state index contributed by atoms with van der Waals surface area (Å²) in [5, 5.41) is 0. The van der Waals surface area contributed by atoms with Crippen LogP contribution in [-0.2, 0) is 0 Å². The van der Waals surface area contributed by atoms with Gasteiger partial charge in [-0.1, -0.05) is 0 Å². The number of amides is 1. The Kier molecular flexibility index (Phi) is 3.84. The molecule has 0 aliphatic carbocycles. The van der Waals surface area contributed by atoms with Gasteiger partial charge in [0.2, 0.25) is 0 Å². The number of carbonyl (C=O) groups is 1. The predicted octanol–water partition coefficient (Wildman–Crippen LogP) is 2.15. The summed E-state index contributed by atoms with van der Waals surface area (Å²) in [6, 6.07) is 4.22. The minimum Gasteiger partial charge on any atom is -0.337 e. The molecule has 0 bridgehead atoms. The van der Waals surface area contributed by atoms with Crippen LogP contribution in [0.3, 0.4) is 0 Å². The van der Waals surface area contributed by atoms with Crippen molar-refractivity contribution in [2.75, 3.05) is 26.2 Å². The van der Waals surface area contributed by atoms with E-state index in [1.54, 1.807) is 6.20 Å². The van der Waals surface area contributed by atoms with E-state index >= 15 is 0 Å². The lowest BCUT2D eigenvalue weighted by molar-refractivity contribution is 0.0779. The molecule has 0 aromatic carbocycles. The normalized spacial score (nSPS) is 24.1. The van der Waals surface area contributed by atoms with Crippen molar-refractivity contribution in [1.82, 2.24) is 14.8 Å². The average Bonchev–Trinajstić information content (AvgIpc) is 3.10. The molecule has 2 fully saturated rings. The van der Waals surface area contributed by atoms with Crippen molar-refractivity contribution in [3.63, 3.8) is 0 Å². The van der Waals surface area contributed by atoms with Crippen LogP contribution >= 0.6 is 15.9 Å². The number of pyridine rings is 1. The van der Waals surface area contributed by atoms with E-state index in [-0.39, 0.29) is 5.91 Å². The topological polar surface area (TPSA) is 36.4 Å². The maximum atomic E-state index is 12.4. The highest BCUT2D eigenvalue weighted by molar-refractivity contribution is 9.10. The molecule has 1 atom stereocenters. The van der Waals surface area contributed by atoms with E-state index in [2.05, 4.69) is 25.8 Å². The molecule has 4 nitrogen and oxygen atoms in total. The fraction of sp³-hybridized carbons (Fsp3) is 0.571. The fourth-order valence-corrected chi connectivity index (χ4v) is 3.25. The monoisotopic (exact) mass is 323 g/mol. The number of hydrogen-bond donors (Lipinski definition) is 0. The molecule has 1 aromatic heterocycles. The standard InChI is InChI=1S/C14H18BrN3O/c15-13-4-3-11(9-16-13)14(19)18-8-5-12(10-18)17-6-1-2-7-17/h3-4,9,12H,1-2,5-8,10H2. The van der Waals surface area contributed by atoms with E-state index in [9.17, 15) is 4.79 Å². The van der Waals surface area contributed by atoms with Gasteiger partial charge in [0.15, 0.2) is 0 Å². The third kappa shape index (κ3) is 2.82. The van der Waals surface area contributed by atoms with Gasteiger partial charge in [0.05, 0.1) is 5.56 Å². The zero-order valence-corrected chi connectivity index (χ0v) is 12.5. The van der Waals surface area contributed by atoms with Crippen molar-refractivity contribution in [2.24, 2.45) is 0 Å². The van der Waals surface area contributed by atoms with Crippen LogP contribution in [0.15, 0.2) is 22.9 Å². The van der Waals surface area contributed by atoms with Gasteiger partial charge >= 0.3 is 0 Å². The van der Waals surface area contributed by atoms with E-state index in [0.29, 0.717) is 11.6 Å². The Morgan fingerprint density at radius 2 is 2.05 bits per heavy atom. The van der Waals surface area contributed by atoms with E-state index < -0.39 is 0 Å². The van der Waals surface area contributed by atoms with Crippen LogP contribution in [-0.4, -0.2) is 52.9 Å². The van der Waals surface area contributed by atoms with Crippen molar-refractivity contribution in [1.29, 1.82) is 0 Å². The van der Waals surface area contributed by atoms with Gasteiger partial charge in [-0.15, -0.1) is 0 Å². The summed E-state index contributed by atoms with van der Waals surface area (Å²) in [5.41, 5.74) is 0.685. The summed E-state index contributed by atoms with van der Waals surface area (Å²) < 4.78 is 0.764. The first-order valence-electron chi connectivity index (χ1n) is 6.89. The number of carbonyl (C=O) groups excluding carboxylic acids is 1. The van der Waals surface area contributed by atoms with Crippen molar-refractivity contribution in [3.8, 4) is 0 Å². The van der Waals surface area contributed by atoms with Crippen LogP contribution in [0.4, 0.5) is 0 Å². The molecule has 0 radical (unpaired) electrons. The highest BCUT2D eigenvalue weighted by Crippen LogP contribution is 2.21. The Hall–Kier alpha value is -0.940. The molecule has 2 aliphatic rings. The van der Waals surface area contributed by atoms with Crippen LogP contribution in [0.1, 0.15) is 29.6 Å². The van der Waals surface area contributed by atoms with Gasteiger partial charge in [0.1, 0.15) is 4.60 Å². The molecule has 0 N–H and O–H groups in total. The van der Waals surface area contributed by atoms with Crippen LogP contribution in [0.25, 0.3) is 0 Å². The minimum absolute atomic E-state index is 0.113. The number of likely N-dealkylation sites (tertiary alicyclic amines) is 2. The molecule has 3 heterocycles. The van der Waals surface area contributed by atoms with E-state index in [4.69, 9.17) is 0 Å². The third-order valence-electron chi connectivity index (χ3n) is 4.08. The Balaban J connectivity index is 1.63. The van der Waals surface area contributed by atoms with E-state index in [1.165, 1.54) is 25.9 Å². The zero-order chi connectivity index (χ0) is 13.2. The number of nitrogens with zero attached hydrogens (tertiary/aromatic N) is 3. The molecule has 5 heteroatoms. The lowest BCUT2D eigenvalue weighted by Gasteiger charge is -2.23. The summed E-state index contributed by atoms with van der Waals surface area (Å²) in [6.45, 7) is 4.14. The Bertz CT molecular complexity index is 456. The second-order valence-corrected chi connectivity index (χ2v) is 6.12. The second-order valence-electron chi connectivity index (χ2n) is 5.31. The van der Waals surface area contributed by atoms with Crippen molar-refractivity contribution < 1.29 is 4.79 Å². The Labute approximate surface area is 121 Å². The zero-order valence-electron chi connectivity index (χ0n) is 10.9. The quantitative estimate of drug-likeness (QED) is 0.782. The molecule has 0 saturated carbocycles. The van der Waals surface area contributed by atoms with Gasteiger partial charge in [0, 0.05) is 25.3 Å². The molecule has 1 amide bonds. The average molecular weight is 324 g/mol. The molecule has 1 unspecified atom stereocenters. The number of aromatic nitrogens is 1. The maximum Gasteiger partial charge on any atom is 0.255 e. The van der Waals surface area contributed by atoms with Gasteiger partial charge in [-0.05, 0) is 60.4 Å². The first-order chi connectivity index (χ1) is 9.24. The highest BCUT2D eigenvalue weighted by atomic mass is 79.9. The number of rotatable bonds is 2. The SMILES string of the molecule is O=C(c1ccc(Br)nc1)N1CCC(N2CCCC2)C1. The predicted molar refractivity (Wildman–Crippen MR) is 77.1 cm³/mol. The largest absolute Gasteiger partial charge is 0.337 e. The molecule has 3 rings (SSSR count). The Morgan fingerprint density at radius 1 is 1.26 bits per heavy atom. The maximum absolute atomic E-state index is 12.4. The van der Waals surface area contributed by atoms with Gasteiger partial charge < -0.3 is 4.90 Å². The Morgan fingerprint density at radius 3 is 2.74 bits per heavy atom.